The summed E-state index contributed by atoms with van der Waals surface area (Å²) in [7, 11) is 0. The third-order valence-corrected chi connectivity index (χ3v) is 4.23. The van der Waals surface area contributed by atoms with Crippen LogP contribution in [-0.4, -0.2) is 37.1 Å². The molecule has 0 aliphatic heterocycles. The monoisotopic (exact) mass is 397 g/mol. The average Bonchev–Trinajstić information content (AvgIpc) is 2.73. The number of ether oxygens (including phenoxy) is 1. The summed E-state index contributed by atoms with van der Waals surface area (Å²) < 4.78 is 4.78. The number of amides is 3. The molecule has 3 N–H and O–H groups in total. The van der Waals surface area contributed by atoms with Gasteiger partial charge in [0.15, 0.2) is 0 Å². The number of nitrogens with one attached hydrogen (secondary N) is 3. The third kappa shape index (κ3) is 7.65. The van der Waals surface area contributed by atoms with Crippen molar-refractivity contribution in [2.45, 2.75) is 32.7 Å². The summed E-state index contributed by atoms with van der Waals surface area (Å²) in [6.07, 6.45) is 1.22. The molecule has 0 bridgehead atoms. The number of benzene rings is 2. The number of carbonyl (C=O) groups excluding carboxylic acids is 3. The van der Waals surface area contributed by atoms with E-state index in [-0.39, 0.29) is 19.1 Å². The minimum atomic E-state index is -0.814. The van der Waals surface area contributed by atoms with Crippen molar-refractivity contribution in [2.75, 3.05) is 18.5 Å². The Morgan fingerprint density at radius 3 is 2.24 bits per heavy atom. The molecule has 0 radical (unpaired) electrons. The molecule has 0 fully saturated rings. The third-order valence-electron chi connectivity index (χ3n) is 4.23. The molecular formula is C22H27N3O4. The molecule has 2 aromatic carbocycles. The minimum Gasteiger partial charge on any atom is -0.465 e. The summed E-state index contributed by atoms with van der Waals surface area (Å²) in [5, 5.41) is 7.88. The highest BCUT2D eigenvalue weighted by molar-refractivity contribution is 5.97. The van der Waals surface area contributed by atoms with Crippen molar-refractivity contribution in [3.63, 3.8) is 0 Å². The van der Waals surface area contributed by atoms with Crippen LogP contribution in [0.5, 0.6) is 0 Å². The molecule has 7 heteroatoms. The smallest absolute Gasteiger partial charge is 0.325 e. The van der Waals surface area contributed by atoms with E-state index in [9.17, 15) is 14.4 Å². The van der Waals surface area contributed by atoms with Crippen molar-refractivity contribution in [1.82, 2.24) is 10.6 Å². The van der Waals surface area contributed by atoms with Crippen molar-refractivity contribution in [1.29, 1.82) is 0 Å². The van der Waals surface area contributed by atoms with Gasteiger partial charge in [-0.3, -0.25) is 9.59 Å². The predicted octanol–water partition coefficient (Wildman–Crippen LogP) is 2.66. The maximum Gasteiger partial charge on any atom is 0.325 e. The number of aryl methyl sites for hydroxylation is 1. The number of anilines is 1. The van der Waals surface area contributed by atoms with E-state index in [0.717, 1.165) is 12.0 Å². The average molecular weight is 397 g/mol. The summed E-state index contributed by atoms with van der Waals surface area (Å²) in [4.78, 5) is 36.4. The standard InChI is InChI=1S/C22H27N3O4/c1-3-16-10-12-18(13-11-16)24-21(27)19(14-17-8-6-5-7-9-17)25-22(28)23-15-20(26)29-4-2/h5-13,19H,3-4,14-15H2,1-2H3,(H,24,27)(H2,23,25,28). The molecule has 7 nitrogen and oxygen atoms in total. The second kappa shape index (κ2) is 11.5. The largest absolute Gasteiger partial charge is 0.465 e. The number of carbonyl (C=O) groups is 3. The molecule has 1 unspecified atom stereocenters. The molecule has 0 aromatic heterocycles. The maximum absolute atomic E-state index is 12.8. The summed E-state index contributed by atoms with van der Waals surface area (Å²) in [6, 6.07) is 15.5. The van der Waals surface area contributed by atoms with Crippen molar-refractivity contribution in [3.05, 3.63) is 65.7 Å². The molecule has 154 valence electrons. The van der Waals surface area contributed by atoms with Crippen LogP contribution in [0.15, 0.2) is 54.6 Å². The van der Waals surface area contributed by atoms with Crippen molar-refractivity contribution in [2.24, 2.45) is 0 Å². The van der Waals surface area contributed by atoms with Crippen molar-refractivity contribution in [3.8, 4) is 0 Å². The summed E-state index contributed by atoms with van der Waals surface area (Å²) in [6.45, 7) is 3.71. The molecule has 2 aromatic rings. The number of rotatable bonds is 9. The number of esters is 1. The highest BCUT2D eigenvalue weighted by atomic mass is 16.5. The van der Waals surface area contributed by atoms with Crippen LogP contribution in [0, 0.1) is 0 Å². The van der Waals surface area contributed by atoms with Gasteiger partial charge in [0.2, 0.25) is 5.91 Å². The van der Waals surface area contributed by atoms with Gasteiger partial charge in [-0.2, -0.15) is 0 Å². The lowest BCUT2D eigenvalue weighted by Crippen LogP contribution is -2.50. The summed E-state index contributed by atoms with van der Waals surface area (Å²) >= 11 is 0. The van der Waals surface area contributed by atoms with Gasteiger partial charge in [0.05, 0.1) is 6.61 Å². The van der Waals surface area contributed by atoms with E-state index in [0.29, 0.717) is 12.1 Å². The van der Waals surface area contributed by atoms with Crippen LogP contribution in [0.1, 0.15) is 25.0 Å². The van der Waals surface area contributed by atoms with Gasteiger partial charge in [-0.25, -0.2) is 4.79 Å². The Morgan fingerprint density at radius 2 is 1.62 bits per heavy atom. The lowest BCUT2D eigenvalue weighted by Gasteiger charge is -2.19. The summed E-state index contributed by atoms with van der Waals surface area (Å²) in [5.74, 6) is -0.882. The number of urea groups is 1. The Labute approximate surface area is 170 Å². The molecule has 0 saturated heterocycles. The van der Waals surface area contributed by atoms with Gasteiger partial charge < -0.3 is 20.7 Å². The Balaban J connectivity index is 2.03. The van der Waals surface area contributed by atoms with Crippen LogP contribution in [-0.2, 0) is 27.2 Å². The van der Waals surface area contributed by atoms with Crippen molar-refractivity contribution >= 4 is 23.6 Å². The van der Waals surface area contributed by atoms with Crippen LogP contribution in [0.4, 0.5) is 10.5 Å². The van der Waals surface area contributed by atoms with Crippen LogP contribution in [0.25, 0.3) is 0 Å². The molecule has 2 rings (SSSR count). The fourth-order valence-electron chi connectivity index (χ4n) is 2.69. The lowest BCUT2D eigenvalue weighted by molar-refractivity contribution is -0.141. The Bertz CT molecular complexity index is 807. The van der Waals surface area contributed by atoms with E-state index >= 15 is 0 Å². The van der Waals surface area contributed by atoms with Gasteiger partial charge in [-0.05, 0) is 36.6 Å². The fraction of sp³-hybridized carbons (Fsp3) is 0.318. The maximum atomic E-state index is 12.8. The zero-order chi connectivity index (χ0) is 21.1. The molecule has 0 saturated carbocycles. The van der Waals surface area contributed by atoms with Crippen molar-refractivity contribution < 1.29 is 19.1 Å². The molecule has 0 aliphatic rings. The second-order valence-corrected chi connectivity index (χ2v) is 6.41. The van der Waals surface area contributed by atoms with E-state index in [2.05, 4.69) is 22.9 Å². The van der Waals surface area contributed by atoms with Crippen LogP contribution in [0.2, 0.25) is 0 Å². The van der Waals surface area contributed by atoms with Crippen LogP contribution >= 0.6 is 0 Å². The van der Waals surface area contributed by atoms with E-state index in [1.807, 2.05) is 54.6 Å². The Kier molecular flexibility index (Phi) is 8.69. The second-order valence-electron chi connectivity index (χ2n) is 6.41. The minimum absolute atomic E-state index is 0.234. The number of hydrogen-bond donors (Lipinski definition) is 3. The first-order chi connectivity index (χ1) is 14.0. The molecule has 29 heavy (non-hydrogen) atoms. The van der Waals surface area contributed by atoms with Gasteiger partial charge in [-0.1, -0.05) is 49.4 Å². The number of hydrogen-bond acceptors (Lipinski definition) is 4. The van der Waals surface area contributed by atoms with Gasteiger partial charge in [0, 0.05) is 12.1 Å². The summed E-state index contributed by atoms with van der Waals surface area (Å²) in [5.41, 5.74) is 2.72. The van der Waals surface area contributed by atoms with E-state index in [1.165, 1.54) is 5.56 Å². The molecule has 0 heterocycles. The highest BCUT2D eigenvalue weighted by Gasteiger charge is 2.22. The first-order valence-corrected chi connectivity index (χ1v) is 9.65. The van der Waals surface area contributed by atoms with Gasteiger partial charge >= 0.3 is 12.0 Å². The SMILES string of the molecule is CCOC(=O)CNC(=O)NC(Cc1ccccc1)C(=O)Nc1ccc(CC)cc1. The predicted molar refractivity (Wildman–Crippen MR) is 112 cm³/mol. The van der Waals surface area contributed by atoms with E-state index in [1.54, 1.807) is 6.92 Å². The zero-order valence-electron chi connectivity index (χ0n) is 16.7. The first-order valence-electron chi connectivity index (χ1n) is 9.65. The van der Waals surface area contributed by atoms with E-state index < -0.39 is 18.0 Å². The van der Waals surface area contributed by atoms with E-state index in [4.69, 9.17) is 4.74 Å². The Hall–Kier alpha value is -3.35. The molecule has 0 spiro atoms. The fourth-order valence-corrected chi connectivity index (χ4v) is 2.69. The molecule has 0 aliphatic carbocycles. The lowest BCUT2D eigenvalue weighted by atomic mass is 10.1. The molecule has 1 atom stereocenters. The quantitative estimate of drug-likeness (QED) is 0.567. The molecule has 3 amide bonds. The highest BCUT2D eigenvalue weighted by Crippen LogP contribution is 2.12. The first kappa shape index (κ1) is 21.9. The van der Waals surface area contributed by atoms with Gasteiger partial charge in [-0.15, -0.1) is 0 Å². The normalized spacial score (nSPS) is 11.2. The van der Waals surface area contributed by atoms with Crippen LogP contribution in [0.3, 0.4) is 0 Å². The van der Waals surface area contributed by atoms with Gasteiger partial charge in [0.1, 0.15) is 12.6 Å². The molecular weight excluding hydrogens is 370 g/mol. The Morgan fingerprint density at radius 1 is 0.931 bits per heavy atom. The topological polar surface area (TPSA) is 96.5 Å². The van der Waals surface area contributed by atoms with Crippen LogP contribution < -0.4 is 16.0 Å². The van der Waals surface area contributed by atoms with Gasteiger partial charge in [0.25, 0.3) is 0 Å². The zero-order valence-corrected chi connectivity index (χ0v) is 16.7.